The number of hydrogen-bond donors (Lipinski definition) is 0. The summed E-state index contributed by atoms with van der Waals surface area (Å²) in [6.07, 6.45) is 2.41. The van der Waals surface area contributed by atoms with E-state index in [1.54, 1.807) is 6.08 Å². The van der Waals surface area contributed by atoms with Crippen molar-refractivity contribution in [3.63, 3.8) is 0 Å². The molecule has 0 spiro atoms. The van der Waals surface area contributed by atoms with Crippen molar-refractivity contribution in [2.24, 2.45) is 0 Å². The molecule has 0 saturated heterocycles. The molecular weight excluding hydrogens is 180 g/mol. The molecule has 0 heterocycles. The number of esters is 1. The van der Waals surface area contributed by atoms with Crippen molar-refractivity contribution in [1.29, 1.82) is 0 Å². The molecule has 0 aliphatic carbocycles. The number of hydrogen-bond acceptors (Lipinski definition) is 3. The fraction of sp³-hybridized carbons (Fsp3) is 0.364. The highest BCUT2D eigenvalue weighted by atomic mass is 16.5. The Bertz CT molecular complexity index is 268. The second kappa shape index (κ2) is 8.09. The Morgan fingerprint density at radius 1 is 1.57 bits per heavy atom. The van der Waals surface area contributed by atoms with Crippen LogP contribution in [-0.4, -0.2) is 26.3 Å². The molecule has 0 aromatic carbocycles. The van der Waals surface area contributed by atoms with Crippen LogP contribution in [0.3, 0.4) is 0 Å². The van der Waals surface area contributed by atoms with E-state index >= 15 is 0 Å². The first kappa shape index (κ1) is 12.5. The molecule has 0 fully saturated rings. The third-order valence-electron chi connectivity index (χ3n) is 1.41. The number of allylic oxidation sites excluding steroid dienone is 1. The molecular formula is C11H14O3. The van der Waals surface area contributed by atoms with Gasteiger partial charge < -0.3 is 9.47 Å². The summed E-state index contributed by atoms with van der Waals surface area (Å²) in [6.45, 7) is 8.04. The van der Waals surface area contributed by atoms with E-state index in [1.165, 1.54) is 7.11 Å². The monoisotopic (exact) mass is 194 g/mol. The quantitative estimate of drug-likeness (QED) is 0.218. The second-order valence-electron chi connectivity index (χ2n) is 2.46. The predicted octanol–water partition coefficient (Wildman–Crippen LogP) is 1.31. The molecule has 14 heavy (non-hydrogen) atoms. The SMILES string of the molecule is C=CC(=C)CCOCC#CC(=O)OC. The third kappa shape index (κ3) is 7.14. The van der Waals surface area contributed by atoms with Gasteiger partial charge in [0, 0.05) is 5.92 Å². The van der Waals surface area contributed by atoms with E-state index in [4.69, 9.17) is 4.74 Å². The van der Waals surface area contributed by atoms with Crippen molar-refractivity contribution in [2.75, 3.05) is 20.3 Å². The van der Waals surface area contributed by atoms with Crippen molar-refractivity contribution in [3.05, 3.63) is 24.8 Å². The summed E-state index contributed by atoms with van der Waals surface area (Å²) in [7, 11) is 1.28. The Balaban J connectivity index is 3.45. The van der Waals surface area contributed by atoms with Gasteiger partial charge in [0.2, 0.25) is 0 Å². The number of carbonyl (C=O) groups excluding carboxylic acids is 1. The first-order chi connectivity index (χ1) is 6.70. The lowest BCUT2D eigenvalue weighted by Crippen LogP contribution is -1.98. The summed E-state index contributed by atoms with van der Waals surface area (Å²) >= 11 is 0. The molecule has 0 N–H and O–H groups in total. The minimum absolute atomic E-state index is 0.222. The lowest BCUT2D eigenvalue weighted by molar-refractivity contribution is -0.133. The Morgan fingerprint density at radius 2 is 2.29 bits per heavy atom. The van der Waals surface area contributed by atoms with E-state index in [0.717, 1.165) is 12.0 Å². The Hall–Kier alpha value is -1.53. The van der Waals surface area contributed by atoms with Gasteiger partial charge in [-0.05, 0) is 6.42 Å². The highest BCUT2D eigenvalue weighted by molar-refractivity contribution is 5.88. The van der Waals surface area contributed by atoms with Gasteiger partial charge in [-0.3, -0.25) is 0 Å². The zero-order chi connectivity index (χ0) is 10.8. The molecule has 3 nitrogen and oxygen atoms in total. The maximum atomic E-state index is 10.5. The number of methoxy groups -OCH3 is 1. The molecule has 0 aliphatic heterocycles. The van der Waals surface area contributed by atoms with Crippen LogP contribution in [0.2, 0.25) is 0 Å². The highest BCUT2D eigenvalue weighted by Crippen LogP contribution is 1.97. The van der Waals surface area contributed by atoms with Crippen molar-refractivity contribution in [3.8, 4) is 11.8 Å². The van der Waals surface area contributed by atoms with E-state index in [0.29, 0.717) is 6.61 Å². The van der Waals surface area contributed by atoms with Gasteiger partial charge in [-0.1, -0.05) is 30.7 Å². The standard InChI is InChI=1S/C11H14O3/c1-4-10(2)7-9-14-8-5-6-11(12)13-3/h4H,1-2,7-9H2,3H3. The van der Waals surface area contributed by atoms with Gasteiger partial charge in [-0.15, -0.1) is 0 Å². The number of carbonyl (C=O) groups is 1. The Kier molecular flexibility index (Phi) is 7.20. The lowest BCUT2D eigenvalue weighted by Gasteiger charge is -1.98. The molecule has 0 bridgehead atoms. The number of ether oxygens (including phenoxy) is 2. The zero-order valence-corrected chi connectivity index (χ0v) is 8.34. The molecule has 3 heteroatoms. The summed E-state index contributed by atoms with van der Waals surface area (Å²) in [4.78, 5) is 10.5. The van der Waals surface area contributed by atoms with Gasteiger partial charge >= 0.3 is 5.97 Å². The van der Waals surface area contributed by atoms with Crippen LogP contribution < -0.4 is 0 Å². The first-order valence-corrected chi connectivity index (χ1v) is 4.15. The highest BCUT2D eigenvalue weighted by Gasteiger charge is 1.90. The van der Waals surface area contributed by atoms with Crippen LogP contribution in [0.1, 0.15) is 6.42 Å². The molecule has 0 amide bonds. The molecule has 0 aromatic rings. The lowest BCUT2D eigenvalue weighted by atomic mass is 10.2. The van der Waals surface area contributed by atoms with Crippen molar-refractivity contribution in [1.82, 2.24) is 0 Å². The van der Waals surface area contributed by atoms with Gasteiger partial charge in [0.05, 0.1) is 13.7 Å². The first-order valence-electron chi connectivity index (χ1n) is 4.15. The van der Waals surface area contributed by atoms with Gasteiger partial charge in [0.25, 0.3) is 0 Å². The van der Waals surface area contributed by atoms with Crippen molar-refractivity contribution < 1.29 is 14.3 Å². The normalized spacial score (nSPS) is 8.36. The average Bonchev–Trinajstić information content (AvgIpc) is 2.22. The molecule has 0 radical (unpaired) electrons. The molecule has 0 aromatic heterocycles. The Morgan fingerprint density at radius 3 is 2.86 bits per heavy atom. The summed E-state index contributed by atoms with van der Waals surface area (Å²) in [5, 5.41) is 0. The van der Waals surface area contributed by atoms with E-state index in [2.05, 4.69) is 29.7 Å². The van der Waals surface area contributed by atoms with E-state index in [1.807, 2.05) is 0 Å². The summed E-state index contributed by atoms with van der Waals surface area (Å²) in [5.41, 5.74) is 0.922. The van der Waals surface area contributed by atoms with Crippen LogP contribution in [0.4, 0.5) is 0 Å². The van der Waals surface area contributed by atoms with Crippen LogP contribution >= 0.6 is 0 Å². The molecule has 0 unspecified atom stereocenters. The molecule has 0 atom stereocenters. The van der Waals surface area contributed by atoms with Crippen LogP contribution in [-0.2, 0) is 14.3 Å². The van der Waals surface area contributed by atoms with Gasteiger partial charge in [0.15, 0.2) is 0 Å². The van der Waals surface area contributed by atoms with Crippen LogP contribution in [0.25, 0.3) is 0 Å². The van der Waals surface area contributed by atoms with Crippen LogP contribution in [0, 0.1) is 11.8 Å². The van der Waals surface area contributed by atoms with Gasteiger partial charge in [0.1, 0.15) is 6.61 Å². The molecule has 76 valence electrons. The smallest absolute Gasteiger partial charge is 0.384 e. The second-order valence-corrected chi connectivity index (χ2v) is 2.46. The van der Waals surface area contributed by atoms with Crippen molar-refractivity contribution >= 4 is 5.97 Å². The predicted molar refractivity (Wildman–Crippen MR) is 54.6 cm³/mol. The minimum atomic E-state index is -0.552. The third-order valence-corrected chi connectivity index (χ3v) is 1.41. The maximum Gasteiger partial charge on any atom is 0.384 e. The maximum absolute atomic E-state index is 10.5. The Labute approximate surface area is 84.4 Å². The zero-order valence-electron chi connectivity index (χ0n) is 8.34. The number of rotatable bonds is 5. The topological polar surface area (TPSA) is 35.5 Å². The largest absolute Gasteiger partial charge is 0.459 e. The van der Waals surface area contributed by atoms with Crippen LogP contribution in [0.5, 0.6) is 0 Å². The van der Waals surface area contributed by atoms with E-state index in [9.17, 15) is 4.79 Å². The van der Waals surface area contributed by atoms with E-state index < -0.39 is 5.97 Å². The summed E-state index contributed by atoms with van der Waals surface area (Å²) in [6, 6.07) is 0. The van der Waals surface area contributed by atoms with E-state index in [-0.39, 0.29) is 6.61 Å². The van der Waals surface area contributed by atoms with Crippen LogP contribution in [0.15, 0.2) is 24.8 Å². The van der Waals surface area contributed by atoms with Crippen molar-refractivity contribution in [2.45, 2.75) is 6.42 Å². The fourth-order valence-electron chi connectivity index (χ4n) is 0.588. The molecule has 0 aliphatic rings. The minimum Gasteiger partial charge on any atom is -0.459 e. The molecule has 0 rings (SSSR count). The summed E-state index contributed by atoms with van der Waals surface area (Å²) < 4.78 is 9.43. The summed E-state index contributed by atoms with van der Waals surface area (Å²) in [5.74, 6) is 4.23. The van der Waals surface area contributed by atoms with Gasteiger partial charge in [-0.2, -0.15) is 0 Å². The average molecular weight is 194 g/mol. The fourth-order valence-corrected chi connectivity index (χ4v) is 0.588. The molecule has 0 saturated carbocycles. The van der Waals surface area contributed by atoms with Gasteiger partial charge in [-0.25, -0.2) is 4.79 Å².